The summed E-state index contributed by atoms with van der Waals surface area (Å²) in [7, 11) is 0.852. The van der Waals surface area contributed by atoms with Crippen LogP contribution >= 0.6 is 11.3 Å². The largest absolute Gasteiger partial charge is 0.355 e. The molecular weight excluding hydrogens is 864 g/mol. The van der Waals surface area contributed by atoms with Crippen LogP contribution in [0.15, 0.2) is 133 Å². The Balaban J connectivity index is 1.06. The number of nitrogens with one attached hydrogen (secondary N) is 1. The number of fused-ring (bicyclic) bond motifs is 15. The van der Waals surface area contributed by atoms with Gasteiger partial charge < -0.3 is 9.88 Å². The van der Waals surface area contributed by atoms with Crippen molar-refractivity contribution in [1.29, 1.82) is 0 Å². The number of hydrogen-bond acceptors (Lipinski definition) is 2. The van der Waals surface area contributed by atoms with Crippen molar-refractivity contribution in [1.82, 2.24) is 4.57 Å². The molecule has 70 heavy (non-hydrogen) atoms. The SMILES string of the molecule is CC(C)(C)c1ccc(Nc2cc3c(cc2-c2ccc4c5cc6c(cc5n5c4c2Bc2cc4c(cc2-5)-c2ccccc2C4(C)C)sc2ccccc26)-c2cc4c(cc2C3(C)C)C(C)(C)CCC4(C)C)cc1. The van der Waals surface area contributed by atoms with Crippen LogP contribution in [0, 0.1) is 0 Å². The Morgan fingerprint density at radius 1 is 0.500 bits per heavy atom. The molecule has 0 radical (unpaired) electrons. The molecule has 0 saturated carbocycles. The van der Waals surface area contributed by atoms with E-state index in [-0.39, 0.29) is 27.1 Å². The molecule has 3 aliphatic carbocycles. The first-order valence-electron chi connectivity index (χ1n) is 25.7. The highest BCUT2D eigenvalue weighted by Gasteiger charge is 2.44. The van der Waals surface area contributed by atoms with Gasteiger partial charge >= 0.3 is 0 Å². The summed E-state index contributed by atoms with van der Waals surface area (Å²) in [6.07, 6.45) is 2.40. The van der Waals surface area contributed by atoms with Gasteiger partial charge in [-0.05, 0) is 156 Å². The molecule has 14 rings (SSSR count). The molecule has 4 aliphatic rings. The third-order valence-corrected chi connectivity index (χ3v) is 19.2. The van der Waals surface area contributed by atoms with Crippen molar-refractivity contribution >= 4 is 82.9 Å². The molecule has 4 heteroatoms. The van der Waals surface area contributed by atoms with Crippen LogP contribution < -0.4 is 16.2 Å². The van der Waals surface area contributed by atoms with E-state index in [2.05, 4.69) is 220 Å². The van der Waals surface area contributed by atoms with Crippen molar-refractivity contribution in [2.24, 2.45) is 0 Å². The zero-order chi connectivity index (χ0) is 48.2. The smallest absolute Gasteiger partial charge is 0.198 e. The molecule has 10 aromatic rings. The Morgan fingerprint density at radius 3 is 1.93 bits per heavy atom. The topological polar surface area (TPSA) is 17.0 Å². The van der Waals surface area contributed by atoms with E-state index in [1.807, 2.05) is 11.3 Å². The van der Waals surface area contributed by atoms with Gasteiger partial charge in [-0.2, -0.15) is 0 Å². The Labute approximate surface area is 418 Å². The molecule has 0 atom stereocenters. The third kappa shape index (κ3) is 5.69. The van der Waals surface area contributed by atoms with Crippen LogP contribution in [0.3, 0.4) is 0 Å². The van der Waals surface area contributed by atoms with Crippen LogP contribution in [0.2, 0.25) is 0 Å². The Morgan fingerprint density at radius 2 is 1.16 bits per heavy atom. The Bertz CT molecular complexity index is 3970. The van der Waals surface area contributed by atoms with E-state index in [0.717, 1.165) is 18.7 Å². The van der Waals surface area contributed by atoms with Gasteiger partial charge in [0.15, 0.2) is 7.28 Å². The van der Waals surface area contributed by atoms with Gasteiger partial charge in [-0.3, -0.25) is 0 Å². The molecule has 1 N–H and O–H groups in total. The van der Waals surface area contributed by atoms with Crippen molar-refractivity contribution in [3.63, 3.8) is 0 Å². The van der Waals surface area contributed by atoms with Crippen molar-refractivity contribution in [2.75, 3.05) is 5.32 Å². The first kappa shape index (κ1) is 42.5. The molecular formula is C66H61BN2S. The number of aromatic nitrogens is 1. The van der Waals surface area contributed by atoms with Crippen LogP contribution in [-0.2, 0) is 27.1 Å². The van der Waals surface area contributed by atoms with Crippen molar-refractivity contribution in [3.05, 3.63) is 172 Å². The van der Waals surface area contributed by atoms with Crippen LogP contribution in [0.5, 0.6) is 0 Å². The number of benzene rings is 8. The lowest BCUT2D eigenvalue weighted by atomic mass is 9.58. The van der Waals surface area contributed by atoms with Crippen LogP contribution in [0.25, 0.3) is 81.0 Å². The summed E-state index contributed by atoms with van der Waals surface area (Å²) in [6.45, 7) is 26.5. The number of nitrogens with zero attached hydrogens (tertiary/aromatic N) is 1. The molecule has 0 saturated heterocycles. The number of hydrogen-bond donors (Lipinski definition) is 1. The predicted octanol–water partition coefficient (Wildman–Crippen LogP) is 16.5. The molecule has 0 bridgehead atoms. The van der Waals surface area contributed by atoms with Crippen LogP contribution in [-0.4, -0.2) is 11.8 Å². The molecule has 2 aromatic heterocycles. The molecule has 3 heterocycles. The first-order valence-corrected chi connectivity index (χ1v) is 26.6. The molecule has 0 unspecified atom stereocenters. The first-order chi connectivity index (χ1) is 33.3. The van der Waals surface area contributed by atoms with Crippen molar-refractivity contribution in [3.8, 4) is 39.1 Å². The van der Waals surface area contributed by atoms with Gasteiger partial charge in [0, 0.05) is 69.9 Å². The fourth-order valence-electron chi connectivity index (χ4n) is 13.8. The lowest BCUT2D eigenvalue weighted by molar-refractivity contribution is 0.331. The minimum atomic E-state index is -0.173. The average Bonchev–Trinajstić information content (AvgIpc) is 3.99. The average molecular weight is 925 g/mol. The van der Waals surface area contributed by atoms with Gasteiger partial charge in [0.2, 0.25) is 0 Å². The van der Waals surface area contributed by atoms with Gasteiger partial charge in [-0.1, -0.05) is 160 Å². The third-order valence-electron chi connectivity index (χ3n) is 18.0. The fourth-order valence-corrected chi connectivity index (χ4v) is 14.9. The lowest BCUT2D eigenvalue weighted by Crippen LogP contribution is -2.38. The molecule has 1 aliphatic heterocycles. The van der Waals surface area contributed by atoms with Gasteiger partial charge in [0.1, 0.15) is 0 Å². The van der Waals surface area contributed by atoms with Crippen molar-refractivity contribution < 1.29 is 0 Å². The summed E-state index contributed by atoms with van der Waals surface area (Å²) in [4.78, 5) is 0. The van der Waals surface area contributed by atoms with Crippen LogP contribution in [0.1, 0.15) is 128 Å². The van der Waals surface area contributed by atoms with Crippen molar-refractivity contribution in [2.45, 2.75) is 116 Å². The van der Waals surface area contributed by atoms with E-state index in [9.17, 15) is 0 Å². The lowest BCUT2D eigenvalue weighted by Gasteiger charge is -2.42. The quantitative estimate of drug-likeness (QED) is 0.175. The maximum Gasteiger partial charge on any atom is 0.198 e. The summed E-state index contributed by atoms with van der Waals surface area (Å²) in [5.41, 5.74) is 27.3. The highest BCUT2D eigenvalue weighted by atomic mass is 32.1. The van der Waals surface area contributed by atoms with Gasteiger partial charge in [-0.25, -0.2) is 0 Å². The van der Waals surface area contributed by atoms with E-state index in [0.29, 0.717) is 0 Å². The molecule has 2 nitrogen and oxygen atoms in total. The summed E-state index contributed by atoms with van der Waals surface area (Å²) < 4.78 is 5.35. The van der Waals surface area contributed by atoms with Crippen LogP contribution in [0.4, 0.5) is 11.4 Å². The standard InChI is InChI=1S/C66H61BN2S/c1-62(2,3)36-20-22-37(23-21-36)68-55-34-51-42(43-30-52-53(32-49(43)66(51,10)11)64(6,7)27-26-63(52,4)5)28-45(55)40-24-25-41-46-29-47-39-17-13-15-19-58(39)70-59(47)35-56(46)69-57-31-44-38-16-12-14-18-48(38)65(8,9)50(44)33-54(57)67-60(40)61(41)69/h12-25,28-35,67-68H,26-27H2,1-11H3. The highest BCUT2D eigenvalue weighted by Crippen LogP contribution is 2.57. The van der Waals surface area contributed by atoms with E-state index < -0.39 is 0 Å². The van der Waals surface area contributed by atoms with E-state index in [4.69, 9.17) is 0 Å². The Hall–Kier alpha value is -6.36. The molecule has 8 aromatic carbocycles. The summed E-state index contributed by atoms with van der Waals surface area (Å²) in [6, 6.07) is 52.7. The maximum atomic E-state index is 4.09. The predicted molar refractivity (Wildman–Crippen MR) is 304 cm³/mol. The fraction of sp³-hybridized carbons (Fsp3) is 0.273. The number of rotatable bonds is 3. The maximum absolute atomic E-state index is 4.09. The second-order valence-electron chi connectivity index (χ2n) is 24.9. The van der Waals surface area contributed by atoms with Gasteiger partial charge in [-0.15, -0.1) is 11.3 Å². The molecule has 0 fully saturated rings. The normalized spacial score (nSPS) is 17.2. The number of thiophene rings is 1. The second-order valence-corrected chi connectivity index (χ2v) is 26.0. The number of anilines is 2. The Kier molecular flexibility index (Phi) is 8.34. The minimum Gasteiger partial charge on any atom is -0.355 e. The van der Waals surface area contributed by atoms with E-state index >= 15 is 0 Å². The summed E-state index contributed by atoms with van der Waals surface area (Å²) in [5, 5.41) is 9.43. The van der Waals surface area contributed by atoms with E-state index in [1.165, 1.54) is 144 Å². The second kappa shape index (κ2) is 13.7. The van der Waals surface area contributed by atoms with Gasteiger partial charge in [0.25, 0.3) is 0 Å². The zero-order valence-corrected chi connectivity index (χ0v) is 43.5. The summed E-state index contributed by atoms with van der Waals surface area (Å²) in [5.74, 6) is 0. The molecule has 0 amide bonds. The summed E-state index contributed by atoms with van der Waals surface area (Å²) >= 11 is 1.92. The monoisotopic (exact) mass is 924 g/mol. The molecule has 0 spiro atoms. The van der Waals surface area contributed by atoms with E-state index in [1.54, 1.807) is 0 Å². The minimum absolute atomic E-state index is 0.0719. The zero-order valence-electron chi connectivity index (χ0n) is 42.7. The highest BCUT2D eigenvalue weighted by molar-refractivity contribution is 7.25. The molecule has 344 valence electrons. The van der Waals surface area contributed by atoms with Gasteiger partial charge in [0.05, 0.1) is 5.52 Å².